The van der Waals surface area contributed by atoms with E-state index < -0.39 is 6.04 Å². The predicted molar refractivity (Wildman–Crippen MR) is 81.8 cm³/mol. The van der Waals surface area contributed by atoms with Gasteiger partial charge in [-0.05, 0) is 27.7 Å². The first kappa shape index (κ1) is 15.0. The smallest absolute Gasteiger partial charge is 0.242 e. The van der Waals surface area contributed by atoms with Gasteiger partial charge in [0.2, 0.25) is 5.91 Å². The van der Waals surface area contributed by atoms with Crippen molar-refractivity contribution in [1.82, 2.24) is 19.7 Å². The molecule has 1 unspecified atom stereocenters. The Labute approximate surface area is 123 Å². The molecule has 0 spiro atoms. The second-order valence-corrected chi connectivity index (χ2v) is 5.88. The highest BCUT2D eigenvalue weighted by Crippen LogP contribution is 2.16. The maximum Gasteiger partial charge on any atom is 0.242 e. The lowest BCUT2D eigenvalue weighted by Crippen LogP contribution is -2.47. The van der Waals surface area contributed by atoms with Crippen LogP contribution in [0.5, 0.6) is 0 Å². The summed E-state index contributed by atoms with van der Waals surface area (Å²) in [5, 5.41) is 5.98. The van der Waals surface area contributed by atoms with Gasteiger partial charge in [-0.2, -0.15) is 0 Å². The Balaban J connectivity index is 2.22. The largest absolute Gasteiger partial charge is 0.355 e. The molecule has 0 aliphatic rings. The van der Waals surface area contributed by atoms with Crippen molar-refractivity contribution in [2.45, 2.75) is 39.3 Å². The highest BCUT2D eigenvalue weighted by molar-refractivity contribution is 5.85. The van der Waals surface area contributed by atoms with Gasteiger partial charge in [0, 0.05) is 17.9 Å². The van der Waals surface area contributed by atoms with Crippen molar-refractivity contribution >= 4 is 23.2 Å². The molecule has 5 N–H and O–H groups in total. The number of fused-ring (bicyclic) bond motifs is 1. The molecular weight excluding hydrogens is 270 g/mol. The number of nitrogens with two attached hydrogens (primary N) is 1. The number of hydrazine groups is 1. The lowest BCUT2D eigenvalue weighted by atomic mass is 10.1. The summed E-state index contributed by atoms with van der Waals surface area (Å²) in [4.78, 5) is 20.6. The molecule has 21 heavy (non-hydrogen) atoms. The molecule has 0 aliphatic heterocycles. The zero-order valence-electron chi connectivity index (χ0n) is 12.6. The van der Waals surface area contributed by atoms with E-state index in [-0.39, 0.29) is 11.4 Å². The molecule has 0 fully saturated rings. The minimum Gasteiger partial charge on any atom is -0.355 e. The lowest BCUT2D eigenvalue weighted by Gasteiger charge is -2.24. The van der Waals surface area contributed by atoms with E-state index in [1.807, 2.05) is 20.8 Å². The van der Waals surface area contributed by atoms with Crippen molar-refractivity contribution < 1.29 is 4.79 Å². The average molecular weight is 291 g/mol. The number of hydrogen-bond acceptors (Lipinski definition) is 6. The minimum atomic E-state index is -0.453. The fourth-order valence-corrected chi connectivity index (χ4v) is 1.85. The molecule has 0 radical (unpaired) electrons. The van der Waals surface area contributed by atoms with Crippen molar-refractivity contribution in [3.05, 3.63) is 18.6 Å². The van der Waals surface area contributed by atoms with E-state index in [9.17, 15) is 4.79 Å². The average Bonchev–Trinajstić information content (AvgIpc) is 2.84. The van der Waals surface area contributed by atoms with Gasteiger partial charge in [-0.3, -0.25) is 4.79 Å². The number of hydrogen-bond donors (Lipinski definition) is 4. The molecule has 0 saturated heterocycles. The van der Waals surface area contributed by atoms with E-state index in [0.717, 1.165) is 0 Å². The van der Waals surface area contributed by atoms with Gasteiger partial charge in [0.1, 0.15) is 6.04 Å². The van der Waals surface area contributed by atoms with E-state index in [4.69, 9.17) is 5.84 Å². The summed E-state index contributed by atoms with van der Waals surface area (Å²) in [5.41, 5.74) is 2.83. The zero-order valence-corrected chi connectivity index (χ0v) is 12.6. The Bertz CT molecular complexity index is 643. The summed E-state index contributed by atoms with van der Waals surface area (Å²) >= 11 is 0. The quantitative estimate of drug-likeness (QED) is 0.488. The van der Waals surface area contributed by atoms with Crippen LogP contribution in [0.4, 0.5) is 11.6 Å². The third-order valence-electron chi connectivity index (χ3n) is 2.77. The molecule has 1 atom stereocenters. The van der Waals surface area contributed by atoms with Crippen molar-refractivity contribution in [3.63, 3.8) is 0 Å². The second kappa shape index (κ2) is 5.57. The van der Waals surface area contributed by atoms with Gasteiger partial charge >= 0.3 is 0 Å². The molecule has 114 valence electrons. The summed E-state index contributed by atoms with van der Waals surface area (Å²) < 4.78 is 1.78. The molecule has 0 aromatic carbocycles. The van der Waals surface area contributed by atoms with Crippen molar-refractivity contribution in [2.75, 3.05) is 10.7 Å². The molecule has 2 aromatic rings. The summed E-state index contributed by atoms with van der Waals surface area (Å²) in [6.07, 6.45) is 5.15. The molecule has 2 aromatic heterocycles. The van der Waals surface area contributed by atoms with E-state index in [2.05, 4.69) is 26.0 Å². The Kier molecular flexibility index (Phi) is 3.99. The Morgan fingerprint density at radius 3 is 2.76 bits per heavy atom. The maximum atomic E-state index is 12.1. The third-order valence-corrected chi connectivity index (χ3v) is 2.77. The van der Waals surface area contributed by atoms with Gasteiger partial charge in [-0.15, -0.1) is 0 Å². The standard InChI is InChI=1S/C13H21N7O/c1-8(12(21)18-13(2,3)4)16-10-11-15-5-6-20(11)7-9(17-10)19-14/h5-8,19H,14H2,1-4H3,(H,16,17)(H,18,21). The number of anilines is 2. The number of aromatic nitrogens is 3. The monoisotopic (exact) mass is 291 g/mol. The van der Waals surface area contributed by atoms with Crippen LogP contribution in [0.2, 0.25) is 0 Å². The van der Waals surface area contributed by atoms with Crippen LogP contribution in [0, 0.1) is 0 Å². The van der Waals surface area contributed by atoms with Crippen molar-refractivity contribution in [1.29, 1.82) is 0 Å². The first-order valence-corrected chi connectivity index (χ1v) is 6.69. The first-order valence-electron chi connectivity index (χ1n) is 6.69. The summed E-state index contributed by atoms with van der Waals surface area (Å²) in [5.74, 6) is 6.26. The first-order chi connectivity index (χ1) is 9.80. The number of nitrogens with zero attached hydrogens (tertiary/aromatic N) is 3. The van der Waals surface area contributed by atoms with E-state index in [1.165, 1.54) is 0 Å². The number of nitrogen functional groups attached to an aromatic ring is 1. The SMILES string of the molecule is CC(Nc1nc(NN)cn2ccnc12)C(=O)NC(C)(C)C. The van der Waals surface area contributed by atoms with Crippen LogP contribution in [0.15, 0.2) is 18.6 Å². The van der Waals surface area contributed by atoms with Crippen molar-refractivity contribution in [3.8, 4) is 0 Å². The summed E-state index contributed by atoms with van der Waals surface area (Å²) in [6, 6.07) is -0.453. The zero-order chi connectivity index (χ0) is 15.6. The van der Waals surface area contributed by atoms with Gasteiger partial charge in [0.05, 0.1) is 6.20 Å². The molecule has 8 nitrogen and oxygen atoms in total. The van der Waals surface area contributed by atoms with Crippen LogP contribution < -0.4 is 21.9 Å². The topological polar surface area (TPSA) is 109 Å². The van der Waals surface area contributed by atoms with Gasteiger partial charge in [0.15, 0.2) is 17.3 Å². The van der Waals surface area contributed by atoms with Crippen LogP contribution in [-0.4, -0.2) is 31.9 Å². The Hall–Kier alpha value is -2.35. The number of nitrogens with one attached hydrogen (secondary N) is 3. The fraction of sp³-hybridized carbons (Fsp3) is 0.462. The highest BCUT2D eigenvalue weighted by Gasteiger charge is 2.20. The van der Waals surface area contributed by atoms with Gasteiger partial charge in [0.25, 0.3) is 0 Å². The molecule has 8 heteroatoms. The van der Waals surface area contributed by atoms with Crippen LogP contribution in [0.3, 0.4) is 0 Å². The predicted octanol–water partition coefficient (Wildman–Crippen LogP) is 0.730. The molecule has 1 amide bonds. The van der Waals surface area contributed by atoms with Crippen LogP contribution in [0.1, 0.15) is 27.7 Å². The number of imidazole rings is 1. The highest BCUT2D eigenvalue weighted by atomic mass is 16.2. The van der Waals surface area contributed by atoms with Crippen LogP contribution in [-0.2, 0) is 4.79 Å². The van der Waals surface area contributed by atoms with Crippen LogP contribution in [0.25, 0.3) is 5.65 Å². The minimum absolute atomic E-state index is 0.111. The van der Waals surface area contributed by atoms with Crippen LogP contribution >= 0.6 is 0 Å². The second-order valence-electron chi connectivity index (χ2n) is 5.88. The molecule has 0 saturated carbocycles. The molecule has 0 aliphatic carbocycles. The normalized spacial score (nSPS) is 13.0. The Morgan fingerprint density at radius 1 is 1.43 bits per heavy atom. The molecular formula is C13H21N7O. The van der Waals surface area contributed by atoms with Gasteiger partial charge in [-0.25, -0.2) is 15.8 Å². The Morgan fingerprint density at radius 2 is 2.14 bits per heavy atom. The maximum absolute atomic E-state index is 12.1. The van der Waals surface area contributed by atoms with Gasteiger partial charge < -0.3 is 20.5 Å². The third kappa shape index (κ3) is 3.60. The number of carbonyl (C=O) groups excluding carboxylic acids is 1. The molecule has 2 rings (SSSR count). The summed E-state index contributed by atoms with van der Waals surface area (Å²) in [7, 11) is 0. The molecule has 2 heterocycles. The van der Waals surface area contributed by atoms with E-state index in [0.29, 0.717) is 17.3 Å². The fourth-order valence-electron chi connectivity index (χ4n) is 1.85. The van der Waals surface area contributed by atoms with Gasteiger partial charge in [-0.1, -0.05) is 0 Å². The number of carbonyl (C=O) groups is 1. The van der Waals surface area contributed by atoms with Crippen molar-refractivity contribution in [2.24, 2.45) is 5.84 Å². The van der Waals surface area contributed by atoms with E-state index in [1.54, 1.807) is 29.9 Å². The summed E-state index contributed by atoms with van der Waals surface area (Å²) in [6.45, 7) is 7.57. The van der Waals surface area contributed by atoms with E-state index >= 15 is 0 Å². The number of rotatable bonds is 4. The number of amides is 1. The lowest BCUT2D eigenvalue weighted by molar-refractivity contribution is -0.122. The molecule has 0 bridgehead atoms.